The third-order valence-electron chi connectivity index (χ3n) is 3.24. The molecule has 1 heterocycles. The van der Waals surface area contributed by atoms with Crippen LogP contribution < -0.4 is 15.0 Å². The van der Waals surface area contributed by atoms with Crippen molar-refractivity contribution in [3.63, 3.8) is 0 Å². The predicted molar refractivity (Wildman–Crippen MR) is 74.5 cm³/mol. The number of rotatable bonds is 4. The first-order valence-electron chi connectivity index (χ1n) is 5.95. The fourth-order valence-electron chi connectivity index (χ4n) is 2.20. The monoisotopic (exact) mass is 252 g/mol. The summed E-state index contributed by atoms with van der Waals surface area (Å²) >= 11 is 1.93. The molecule has 0 saturated carbocycles. The smallest absolute Gasteiger partial charge is 0.143 e. The van der Waals surface area contributed by atoms with Gasteiger partial charge >= 0.3 is 0 Å². The summed E-state index contributed by atoms with van der Waals surface area (Å²) < 4.78 is 5.47. The van der Waals surface area contributed by atoms with Gasteiger partial charge in [-0.3, -0.25) is 0 Å². The van der Waals surface area contributed by atoms with Crippen LogP contribution in [-0.4, -0.2) is 39.5 Å². The number of hydrogen-bond acceptors (Lipinski definition) is 4. The summed E-state index contributed by atoms with van der Waals surface area (Å²) in [5.41, 5.74) is 1.24. The number of ether oxygens (including phenoxy) is 1. The quantitative estimate of drug-likeness (QED) is 0.888. The van der Waals surface area contributed by atoms with Crippen LogP contribution in [0.3, 0.4) is 0 Å². The second-order valence-electron chi connectivity index (χ2n) is 4.27. The average molecular weight is 252 g/mol. The van der Waals surface area contributed by atoms with Crippen molar-refractivity contribution in [2.75, 3.05) is 38.4 Å². The Kier molecular flexibility index (Phi) is 4.18. The second kappa shape index (κ2) is 5.65. The average Bonchev–Trinajstić information content (AvgIpc) is 2.37. The molecule has 1 aromatic carbocycles. The first-order chi connectivity index (χ1) is 8.27. The summed E-state index contributed by atoms with van der Waals surface area (Å²) in [6.07, 6.45) is 1.16. The third-order valence-corrected chi connectivity index (χ3v) is 4.43. The van der Waals surface area contributed by atoms with E-state index in [0.29, 0.717) is 6.04 Å². The lowest BCUT2D eigenvalue weighted by molar-refractivity contribution is 0.411. The number of anilines is 1. The Morgan fingerprint density at radius 1 is 1.53 bits per heavy atom. The molecule has 1 atom stereocenters. The predicted octanol–water partition coefficient (Wildman–Crippen LogP) is 2.22. The highest BCUT2D eigenvalue weighted by Gasteiger charge is 2.26. The molecule has 1 aliphatic rings. The maximum atomic E-state index is 5.47. The van der Waals surface area contributed by atoms with E-state index in [1.54, 1.807) is 7.11 Å². The second-order valence-corrected chi connectivity index (χ2v) is 5.34. The van der Waals surface area contributed by atoms with Gasteiger partial charge in [0.1, 0.15) is 5.75 Å². The Bertz CT molecular complexity index is 369. The fraction of sp³-hybridized carbons (Fsp3) is 0.538. The van der Waals surface area contributed by atoms with E-state index in [2.05, 4.69) is 29.4 Å². The molecule has 1 unspecified atom stereocenters. The standard InChI is InChI=1S/C13H20N2OS/c1-14-8-7-10-9-17-12-6-4-5-11(16-3)13(12)15(10)2/h4-6,10,14H,7-9H2,1-3H3. The highest BCUT2D eigenvalue weighted by Crippen LogP contribution is 2.43. The minimum Gasteiger partial charge on any atom is -0.495 e. The number of benzene rings is 1. The van der Waals surface area contributed by atoms with Gasteiger partial charge in [0.15, 0.2) is 0 Å². The van der Waals surface area contributed by atoms with Crippen LogP contribution in [0.4, 0.5) is 5.69 Å². The lowest BCUT2D eigenvalue weighted by Gasteiger charge is -2.36. The van der Waals surface area contributed by atoms with Crippen LogP contribution in [0.5, 0.6) is 5.75 Å². The maximum Gasteiger partial charge on any atom is 0.143 e. The van der Waals surface area contributed by atoms with Crippen LogP contribution in [0.25, 0.3) is 0 Å². The number of hydrogen-bond donors (Lipinski definition) is 1. The summed E-state index contributed by atoms with van der Waals surface area (Å²) in [6, 6.07) is 6.85. The van der Waals surface area contributed by atoms with Gasteiger partial charge in [-0.05, 0) is 32.1 Å². The number of methoxy groups -OCH3 is 1. The van der Waals surface area contributed by atoms with Crippen molar-refractivity contribution in [3.8, 4) is 5.75 Å². The number of para-hydroxylation sites is 1. The summed E-state index contributed by atoms with van der Waals surface area (Å²) in [5.74, 6) is 2.13. The van der Waals surface area contributed by atoms with E-state index in [-0.39, 0.29) is 0 Å². The van der Waals surface area contributed by atoms with Gasteiger partial charge < -0.3 is 15.0 Å². The van der Waals surface area contributed by atoms with Gasteiger partial charge in [0.25, 0.3) is 0 Å². The molecule has 0 radical (unpaired) electrons. The van der Waals surface area contributed by atoms with Gasteiger partial charge in [-0.2, -0.15) is 0 Å². The Hall–Kier alpha value is -0.870. The largest absolute Gasteiger partial charge is 0.495 e. The van der Waals surface area contributed by atoms with Crippen molar-refractivity contribution in [1.29, 1.82) is 0 Å². The van der Waals surface area contributed by atoms with Gasteiger partial charge in [0.05, 0.1) is 12.8 Å². The molecule has 1 N–H and O–H groups in total. The van der Waals surface area contributed by atoms with Crippen molar-refractivity contribution in [1.82, 2.24) is 5.32 Å². The molecule has 0 bridgehead atoms. The summed E-state index contributed by atoms with van der Waals surface area (Å²) in [5, 5.41) is 3.22. The summed E-state index contributed by atoms with van der Waals surface area (Å²) in [7, 11) is 5.91. The van der Waals surface area contributed by atoms with Crippen LogP contribution in [0.2, 0.25) is 0 Å². The first-order valence-corrected chi connectivity index (χ1v) is 6.93. The fourth-order valence-corrected chi connectivity index (χ4v) is 3.52. The molecule has 1 aromatic rings. The minimum atomic E-state index is 0.580. The Labute approximate surface area is 108 Å². The first kappa shape index (κ1) is 12.6. The van der Waals surface area contributed by atoms with Gasteiger partial charge in [-0.25, -0.2) is 0 Å². The molecule has 0 saturated heterocycles. The lowest BCUT2D eigenvalue weighted by atomic mass is 10.1. The molecule has 17 heavy (non-hydrogen) atoms. The maximum absolute atomic E-state index is 5.47. The molecule has 4 heteroatoms. The van der Waals surface area contributed by atoms with Gasteiger partial charge in [-0.15, -0.1) is 11.8 Å². The zero-order valence-electron chi connectivity index (χ0n) is 10.7. The molecule has 1 aliphatic heterocycles. The van der Waals surface area contributed by atoms with Crippen molar-refractivity contribution >= 4 is 17.4 Å². The van der Waals surface area contributed by atoms with Crippen molar-refractivity contribution in [2.45, 2.75) is 17.4 Å². The molecule has 3 nitrogen and oxygen atoms in total. The van der Waals surface area contributed by atoms with Crippen molar-refractivity contribution < 1.29 is 4.74 Å². The van der Waals surface area contributed by atoms with Crippen LogP contribution >= 0.6 is 11.8 Å². The van der Waals surface area contributed by atoms with Crippen LogP contribution in [0.15, 0.2) is 23.1 Å². The molecule has 0 amide bonds. The summed E-state index contributed by atoms with van der Waals surface area (Å²) in [6.45, 7) is 1.06. The van der Waals surface area contributed by atoms with E-state index in [0.717, 1.165) is 24.5 Å². The van der Waals surface area contributed by atoms with Crippen LogP contribution in [-0.2, 0) is 0 Å². The lowest BCUT2D eigenvalue weighted by Crippen LogP contribution is -2.38. The van der Waals surface area contributed by atoms with Gasteiger partial charge in [0, 0.05) is 23.7 Å². The molecular weight excluding hydrogens is 232 g/mol. The van der Waals surface area contributed by atoms with E-state index in [4.69, 9.17) is 4.74 Å². The number of fused-ring (bicyclic) bond motifs is 1. The Morgan fingerprint density at radius 3 is 3.06 bits per heavy atom. The highest BCUT2D eigenvalue weighted by atomic mass is 32.2. The van der Waals surface area contributed by atoms with E-state index in [1.807, 2.05) is 24.9 Å². The number of nitrogens with one attached hydrogen (secondary N) is 1. The zero-order valence-corrected chi connectivity index (χ0v) is 11.5. The van der Waals surface area contributed by atoms with Crippen LogP contribution in [0.1, 0.15) is 6.42 Å². The molecular formula is C13H20N2OS. The molecule has 0 fully saturated rings. The minimum absolute atomic E-state index is 0.580. The normalized spacial score (nSPS) is 19.0. The Morgan fingerprint density at radius 2 is 2.35 bits per heavy atom. The highest BCUT2D eigenvalue weighted by molar-refractivity contribution is 7.99. The van der Waals surface area contributed by atoms with Crippen LogP contribution in [0, 0.1) is 0 Å². The molecule has 0 aromatic heterocycles. The molecule has 0 spiro atoms. The molecule has 94 valence electrons. The number of nitrogens with zero attached hydrogens (tertiary/aromatic N) is 1. The number of thioether (sulfide) groups is 1. The van der Waals surface area contributed by atoms with E-state index < -0.39 is 0 Å². The Balaban J connectivity index is 2.24. The van der Waals surface area contributed by atoms with Gasteiger partial charge in [-0.1, -0.05) is 6.07 Å². The van der Waals surface area contributed by atoms with E-state index in [9.17, 15) is 0 Å². The topological polar surface area (TPSA) is 24.5 Å². The van der Waals surface area contributed by atoms with Crippen molar-refractivity contribution in [3.05, 3.63) is 18.2 Å². The third kappa shape index (κ3) is 2.53. The zero-order chi connectivity index (χ0) is 12.3. The summed E-state index contributed by atoms with van der Waals surface area (Å²) in [4.78, 5) is 3.69. The van der Waals surface area contributed by atoms with Gasteiger partial charge in [0.2, 0.25) is 0 Å². The van der Waals surface area contributed by atoms with Crippen molar-refractivity contribution in [2.24, 2.45) is 0 Å². The van der Waals surface area contributed by atoms with E-state index >= 15 is 0 Å². The SMILES string of the molecule is CNCCC1CSc2cccc(OC)c2N1C. The molecule has 0 aliphatic carbocycles. The molecule has 2 rings (SSSR count). The van der Waals surface area contributed by atoms with E-state index in [1.165, 1.54) is 10.6 Å².